The molecule has 1 atom stereocenters. The molecule has 54 valence electrons. The third kappa shape index (κ3) is 4.73. The Morgan fingerprint density at radius 2 is 2.44 bits per heavy atom. The second-order valence-corrected chi connectivity index (χ2v) is 2.50. The number of esters is 1. The lowest BCUT2D eigenvalue weighted by Gasteiger charge is -2.08. The first-order chi connectivity index (χ1) is 4.20. The van der Waals surface area contributed by atoms with Gasteiger partial charge in [-0.3, -0.25) is 4.79 Å². The summed E-state index contributed by atoms with van der Waals surface area (Å²) in [6.45, 7) is 1.36. The monoisotopic (exact) mass is 214 g/mol. The maximum absolute atomic E-state index is 10.3. The normalized spacial score (nSPS) is 12.8. The van der Waals surface area contributed by atoms with E-state index in [0.717, 1.165) is 0 Å². The van der Waals surface area contributed by atoms with Crippen LogP contribution in [0.15, 0.2) is 0 Å². The molecule has 0 fully saturated rings. The molecular formula is C5H8BrClO2. The maximum Gasteiger partial charge on any atom is 0.302 e. The standard InChI is InChI=1S/C5H8BrClO2/c1-4(8)9-5(2-6)3-7/h5H,2-3H2,1H3. The first-order valence-electron chi connectivity index (χ1n) is 2.49. The van der Waals surface area contributed by atoms with Crippen molar-refractivity contribution in [3.63, 3.8) is 0 Å². The SMILES string of the molecule is CC(=O)OC(CCl)CBr. The number of carbonyl (C=O) groups excluding carboxylic acids is 1. The van der Waals surface area contributed by atoms with Crippen molar-refractivity contribution in [3.8, 4) is 0 Å². The molecule has 0 aromatic carbocycles. The van der Waals surface area contributed by atoms with E-state index >= 15 is 0 Å². The van der Waals surface area contributed by atoms with Crippen LogP contribution in [0.25, 0.3) is 0 Å². The predicted molar refractivity (Wildman–Crippen MR) is 40.1 cm³/mol. The minimum atomic E-state index is -0.292. The summed E-state index contributed by atoms with van der Waals surface area (Å²) >= 11 is 8.55. The molecule has 0 heterocycles. The van der Waals surface area contributed by atoms with Crippen LogP contribution in [0.2, 0.25) is 0 Å². The number of alkyl halides is 2. The van der Waals surface area contributed by atoms with Crippen LogP contribution in [0.5, 0.6) is 0 Å². The largest absolute Gasteiger partial charge is 0.460 e. The van der Waals surface area contributed by atoms with E-state index in [9.17, 15) is 4.79 Å². The highest BCUT2D eigenvalue weighted by Crippen LogP contribution is 1.99. The fourth-order valence-corrected chi connectivity index (χ4v) is 1.14. The molecule has 0 aliphatic carbocycles. The molecule has 0 rings (SSSR count). The van der Waals surface area contributed by atoms with Crippen molar-refractivity contribution >= 4 is 33.5 Å². The van der Waals surface area contributed by atoms with E-state index in [1.807, 2.05) is 0 Å². The Bertz CT molecular complexity index is 93.0. The molecule has 0 aliphatic heterocycles. The van der Waals surface area contributed by atoms with Crippen LogP contribution in [0.4, 0.5) is 0 Å². The second kappa shape index (κ2) is 5.06. The minimum absolute atomic E-state index is 0.191. The summed E-state index contributed by atoms with van der Waals surface area (Å²) in [6.07, 6.45) is -0.191. The summed E-state index contributed by atoms with van der Waals surface area (Å²) in [5.41, 5.74) is 0. The van der Waals surface area contributed by atoms with Gasteiger partial charge in [-0.1, -0.05) is 15.9 Å². The highest BCUT2D eigenvalue weighted by atomic mass is 79.9. The smallest absolute Gasteiger partial charge is 0.302 e. The fourth-order valence-electron chi connectivity index (χ4n) is 0.339. The summed E-state index contributed by atoms with van der Waals surface area (Å²) in [6, 6.07) is 0. The van der Waals surface area contributed by atoms with Crippen molar-refractivity contribution in [3.05, 3.63) is 0 Å². The zero-order valence-corrected chi connectivity index (χ0v) is 7.41. The van der Waals surface area contributed by atoms with Gasteiger partial charge in [0.05, 0.1) is 5.88 Å². The molecule has 0 spiro atoms. The molecule has 2 nitrogen and oxygen atoms in total. The number of hydrogen-bond acceptors (Lipinski definition) is 2. The van der Waals surface area contributed by atoms with Crippen molar-refractivity contribution in [1.29, 1.82) is 0 Å². The van der Waals surface area contributed by atoms with Crippen LogP contribution in [-0.2, 0) is 9.53 Å². The summed E-state index contributed by atoms with van der Waals surface area (Å²) < 4.78 is 4.73. The van der Waals surface area contributed by atoms with Gasteiger partial charge in [-0.2, -0.15) is 0 Å². The van der Waals surface area contributed by atoms with Gasteiger partial charge in [0, 0.05) is 12.3 Å². The van der Waals surface area contributed by atoms with Crippen LogP contribution in [-0.4, -0.2) is 23.3 Å². The van der Waals surface area contributed by atoms with Gasteiger partial charge in [0.15, 0.2) is 0 Å². The second-order valence-electron chi connectivity index (χ2n) is 1.54. The van der Waals surface area contributed by atoms with Crippen LogP contribution in [0, 0.1) is 0 Å². The van der Waals surface area contributed by atoms with E-state index in [2.05, 4.69) is 15.9 Å². The van der Waals surface area contributed by atoms with E-state index in [1.54, 1.807) is 0 Å². The van der Waals surface area contributed by atoms with Crippen LogP contribution in [0.1, 0.15) is 6.92 Å². The molecule has 0 radical (unpaired) electrons. The van der Waals surface area contributed by atoms with Crippen molar-refractivity contribution in [1.82, 2.24) is 0 Å². The number of carbonyl (C=O) groups is 1. The molecule has 0 saturated carbocycles. The summed E-state index contributed by atoms with van der Waals surface area (Å²) in [5.74, 6) is 0.0466. The van der Waals surface area contributed by atoms with Gasteiger partial charge in [0.25, 0.3) is 0 Å². The lowest BCUT2D eigenvalue weighted by Crippen LogP contribution is -2.19. The van der Waals surface area contributed by atoms with Gasteiger partial charge < -0.3 is 4.74 Å². The molecule has 0 N–H and O–H groups in total. The number of rotatable bonds is 3. The quantitative estimate of drug-likeness (QED) is 0.527. The zero-order valence-electron chi connectivity index (χ0n) is 5.06. The van der Waals surface area contributed by atoms with Gasteiger partial charge in [-0.15, -0.1) is 11.6 Å². The van der Waals surface area contributed by atoms with Gasteiger partial charge in [-0.25, -0.2) is 0 Å². The molecule has 0 aromatic rings. The lowest BCUT2D eigenvalue weighted by molar-refractivity contribution is -0.144. The Morgan fingerprint density at radius 1 is 1.89 bits per heavy atom. The number of ether oxygens (including phenoxy) is 1. The van der Waals surface area contributed by atoms with Crippen molar-refractivity contribution in [2.24, 2.45) is 0 Å². The van der Waals surface area contributed by atoms with Crippen LogP contribution in [0.3, 0.4) is 0 Å². The van der Waals surface area contributed by atoms with Crippen molar-refractivity contribution < 1.29 is 9.53 Å². The summed E-state index contributed by atoms with van der Waals surface area (Å²) in [5, 5.41) is 0.593. The van der Waals surface area contributed by atoms with Crippen LogP contribution >= 0.6 is 27.5 Å². The Hall–Kier alpha value is 0.240. The molecule has 0 saturated heterocycles. The van der Waals surface area contributed by atoms with E-state index < -0.39 is 0 Å². The third-order valence-corrected chi connectivity index (χ3v) is 1.74. The first-order valence-corrected chi connectivity index (χ1v) is 4.15. The number of hydrogen-bond donors (Lipinski definition) is 0. The molecule has 0 bridgehead atoms. The molecule has 4 heteroatoms. The molecular weight excluding hydrogens is 207 g/mol. The zero-order chi connectivity index (χ0) is 7.28. The molecule has 1 unspecified atom stereocenters. The van der Waals surface area contributed by atoms with Gasteiger partial charge in [-0.05, 0) is 0 Å². The maximum atomic E-state index is 10.3. The average Bonchev–Trinajstić information content (AvgIpc) is 1.82. The van der Waals surface area contributed by atoms with Gasteiger partial charge in [0.2, 0.25) is 0 Å². The Kier molecular flexibility index (Phi) is 5.19. The van der Waals surface area contributed by atoms with E-state index in [0.29, 0.717) is 11.2 Å². The van der Waals surface area contributed by atoms with E-state index in [-0.39, 0.29) is 12.1 Å². The van der Waals surface area contributed by atoms with Crippen molar-refractivity contribution in [2.45, 2.75) is 13.0 Å². The van der Waals surface area contributed by atoms with Crippen molar-refractivity contribution in [2.75, 3.05) is 11.2 Å². The van der Waals surface area contributed by atoms with Crippen LogP contribution < -0.4 is 0 Å². The molecule has 0 amide bonds. The molecule has 0 aromatic heterocycles. The highest BCUT2D eigenvalue weighted by Gasteiger charge is 2.06. The first kappa shape index (κ1) is 9.24. The lowest BCUT2D eigenvalue weighted by atomic mass is 10.5. The Morgan fingerprint density at radius 3 is 2.56 bits per heavy atom. The van der Waals surface area contributed by atoms with E-state index in [1.165, 1.54) is 6.92 Å². The summed E-state index contributed by atoms with van der Waals surface area (Å²) in [4.78, 5) is 10.3. The Balaban J connectivity index is 3.43. The van der Waals surface area contributed by atoms with Gasteiger partial charge in [0.1, 0.15) is 6.10 Å². The predicted octanol–water partition coefficient (Wildman–Crippen LogP) is 1.55. The van der Waals surface area contributed by atoms with Gasteiger partial charge >= 0.3 is 5.97 Å². The fraction of sp³-hybridized carbons (Fsp3) is 0.800. The summed E-state index contributed by atoms with van der Waals surface area (Å²) in [7, 11) is 0. The molecule has 0 aliphatic rings. The molecule has 9 heavy (non-hydrogen) atoms. The van der Waals surface area contributed by atoms with E-state index in [4.69, 9.17) is 16.3 Å². The average molecular weight is 215 g/mol. The number of halogens is 2. The minimum Gasteiger partial charge on any atom is -0.460 e. The topological polar surface area (TPSA) is 26.3 Å². The third-order valence-electron chi connectivity index (χ3n) is 0.677. The highest BCUT2D eigenvalue weighted by molar-refractivity contribution is 9.09. The Labute approximate surface area is 67.6 Å².